The van der Waals surface area contributed by atoms with Crippen molar-refractivity contribution in [1.29, 1.82) is 0 Å². The van der Waals surface area contributed by atoms with Gasteiger partial charge in [-0.25, -0.2) is 4.79 Å². The lowest BCUT2D eigenvalue weighted by molar-refractivity contribution is -0.139. The molecule has 1 fully saturated rings. The predicted octanol–water partition coefficient (Wildman–Crippen LogP) is 3.06. The van der Waals surface area contributed by atoms with Gasteiger partial charge in [0.25, 0.3) is 0 Å². The first-order valence-corrected chi connectivity index (χ1v) is 9.82. The average molecular weight is 436 g/mol. The Balaban J connectivity index is 1.66. The summed E-state index contributed by atoms with van der Waals surface area (Å²) >= 11 is 0. The van der Waals surface area contributed by atoms with Crippen molar-refractivity contribution in [2.75, 3.05) is 32.8 Å². The molecule has 6 nitrogen and oxygen atoms in total. The van der Waals surface area contributed by atoms with Gasteiger partial charge in [-0.1, -0.05) is 36.4 Å². The number of ether oxygens (including phenoxy) is 1. The van der Waals surface area contributed by atoms with Crippen LogP contribution in [0.25, 0.3) is 0 Å². The third kappa shape index (κ3) is 6.21. The van der Waals surface area contributed by atoms with E-state index in [0.717, 1.165) is 11.6 Å². The van der Waals surface area contributed by atoms with Crippen LogP contribution >= 0.6 is 0 Å². The molecule has 0 bridgehead atoms. The zero-order valence-electron chi connectivity index (χ0n) is 16.8. The number of nitrogens with zero attached hydrogens (tertiary/aromatic N) is 2. The Hall–Kier alpha value is -3.07. The zero-order valence-corrected chi connectivity index (χ0v) is 16.8. The van der Waals surface area contributed by atoms with Crippen LogP contribution in [0.4, 0.5) is 13.2 Å². The number of halogens is 3. The highest BCUT2D eigenvalue weighted by molar-refractivity contribution is 5.78. The number of carbonyl (C=O) groups excluding carboxylic acids is 1. The second-order valence-corrected chi connectivity index (χ2v) is 7.28. The van der Waals surface area contributed by atoms with Gasteiger partial charge in [-0.2, -0.15) is 13.2 Å². The van der Waals surface area contributed by atoms with Gasteiger partial charge in [-0.15, -0.1) is 0 Å². The van der Waals surface area contributed by atoms with Gasteiger partial charge in [0, 0.05) is 38.3 Å². The number of aliphatic carboxylic acids is 1. The predicted molar refractivity (Wildman–Crippen MR) is 107 cm³/mol. The number of alkyl halides is 3. The van der Waals surface area contributed by atoms with Gasteiger partial charge in [-0.05, 0) is 17.7 Å². The van der Waals surface area contributed by atoms with E-state index in [9.17, 15) is 22.8 Å². The van der Waals surface area contributed by atoms with Crippen LogP contribution in [0.2, 0.25) is 0 Å². The summed E-state index contributed by atoms with van der Waals surface area (Å²) in [4.78, 5) is 26.8. The fourth-order valence-corrected chi connectivity index (χ4v) is 3.53. The van der Waals surface area contributed by atoms with E-state index in [2.05, 4.69) is 0 Å². The minimum absolute atomic E-state index is 0.0213. The standard InChI is InChI=1S/C22H23F3N2O4/c23-22(24,25)18-7-4-8-19(31-15-21(29)30)17(18)14-26-9-11-27(12-10-26)20(28)13-16-5-2-1-3-6-16/h1-8H,9-15H2,(H,29,30). The molecule has 1 heterocycles. The molecule has 0 aliphatic carbocycles. The van der Waals surface area contributed by atoms with E-state index in [1.165, 1.54) is 12.1 Å². The molecule has 0 saturated carbocycles. The van der Waals surface area contributed by atoms with Crippen LogP contribution in [0, 0.1) is 0 Å². The molecule has 9 heteroatoms. The summed E-state index contributed by atoms with van der Waals surface area (Å²) in [6, 6.07) is 12.9. The Morgan fingerprint density at radius 3 is 2.26 bits per heavy atom. The second kappa shape index (κ2) is 9.82. The first kappa shape index (κ1) is 22.6. The van der Waals surface area contributed by atoms with Crippen molar-refractivity contribution in [3.8, 4) is 5.75 Å². The zero-order chi connectivity index (χ0) is 22.4. The van der Waals surface area contributed by atoms with Crippen LogP contribution in [0.3, 0.4) is 0 Å². The lowest BCUT2D eigenvalue weighted by Crippen LogP contribution is -2.48. The summed E-state index contributed by atoms with van der Waals surface area (Å²) in [5.41, 5.74) is -0.0347. The molecule has 0 spiro atoms. The van der Waals surface area contributed by atoms with Gasteiger partial charge >= 0.3 is 12.1 Å². The number of benzene rings is 2. The van der Waals surface area contributed by atoms with E-state index in [1.54, 1.807) is 4.90 Å². The molecule has 1 amide bonds. The molecule has 0 aromatic heterocycles. The number of hydrogen-bond donors (Lipinski definition) is 1. The SMILES string of the molecule is O=C(O)COc1cccc(C(F)(F)F)c1CN1CCN(C(=O)Cc2ccccc2)CC1. The fourth-order valence-electron chi connectivity index (χ4n) is 3.53. The highest BCUT2D eigenvalue weighted by Crippen LogP contribution is 2.37. The monoisotopic (exact) mass is 436 g/mol. The molecular weight excluding hydrogens is 413 g/mol. The van der Waals surface area contributed by atoms with E-state index in [0.29, 0.717) is 26.2 Å². The highest BCUT2D eigenvalue weighted by Gasteiger charge is 2.35. The normalized spacial score (nSPS) is 15.0. The summed E-state index contributed by atoms with van der Waals surface area (Å²) in [7, 11) is 0. The Kier molecular flexibility index (Phi) is 7.17. The lowest BCUT2D eigenvalue weighted by Gasteiger charge is -2.35. The fraction of sp³-hybridized carbons (Fsp3) is 0.364. The van der Waals surface area contributed by atoms with Crippen LogP contribution in [-0.4, -0.2) is 59.6 Å². The van der Waals surface area contributed by atoms with Gasteiger partial charge in [0.2, 0.25) is 5.91 Å². The first-order valence-electron chi connectivity index (χ1n) is 9.82. The summed E-state index contributed by atoms with van der Waals surface area (Å²) in [6.07, 6.45) is -4.31. The third-order valence-corrected chi connectivity index (χ3v) is 5.09. The van der Waals surface area contributed by atoms with E-state index in [1.807, 2.05) is 35.2 Å². The molecule has 31 heavy (non-hydrogen) atoms. The topological polar surface area (TPSA) is 70.1 Å². The molecule has 1 aliphatic rings. The number of piperazine rings is 1. The van der Waals surface area contributed by atoms with Crippen LogP contribution in [0.1, 0.15) is 16.7 Å². The Morgan fingerprint density at radius 1 is 0.968 bits per heavy atom. The largest absolute Gasteiger partial charge is 0.482 e. The minimum Gasteiger partial charge on any atom is -0.482 e. The average Bonchev–Trinajstić information content (AvgIpc) is 2.73. The molecule has 2 aromatic rings. The summed E-state index contributed by atoms with van der Waals surface area (Å²) in [5.74, 6) is -1.39. The number of hydrogen-bond acceptors (Lipinski definition) is 4. The highest BCUT2D eigenvalue weighted by atomic mass is 19.4. The summed E-state index contributed by atoms with van der Waals surface area (Å²) in [6.45, 7) is 0.855. The Bertz CT molecular complexity index is 911. The maximum atomic E-state index is 13.5. The van der Waals surface area contributed by atoms with Gasteiger partial charge in [-0.3, -0.25) is 9.69 Å². The maximum absolute atomic E-state index is 13.5. The smallest absolute Gasteiger partial charge is 0.416 e. The molecule has 1 N–H and O–H groups in total. The number of carboxylic acid groups (broad SMARTS) is 1. The van der Waals surface area contributed by atoms with Crippen LogP contribution in [-0.2, 0) is 28.7 Å². The van der Waals surface area contributed by atoms with Crippen molar-refractivity contribution in [2.24, 2.45) is 0 Å². The van der Waals surface area contributed by atoms with E-state index in [4.69, 9.17) is 9.84 Å². The van der Waals surface area contributed by atoms with Crippen LogP contribution in [0.15, 0.2) is 48.5 Å². The molecule has 3 rings (SSSR count). The molecule has 1 aliphatic heterocycles. The minimum atomic E-state index is -4.59. The van der Waals surface area contributed by atoms with Crippen LogP contribution in [0.5, 0.6) is 5.75 Å². The van der Waals surface area contributed by atoms with Gasteiger partial charge in [0.15, 0.2) is 6.61 Å². The van der Waals surface area contributed by atoms with Crippen molar-refractivity contribution >= 4 is 11.9 Å². The summed E-state index contributed by atoms with van der Waals surface area (Å²) in [5, 5.41) is 8.81. The summed E-state index contributed by atoms with van der Waals surface area (Å²) < 4.78 is 45.7. The third-order valence-electron chi connectivity index (χ3n) is 5.09. The molecule has 2 aromatic carbocycles. The van der Waals surface area contributed by atoms with Crippen molar-refractivity contribution in [3.63, 3.8) is 0 Å². The molecule has 0 unspecified atom stereocenters. The first-order chi connectivity index (χ1) is 14.7. The Morgan fingerprint density at radius 2 is 1.65 bits per heavy atom. The van der Waals surface area contributed by atoms with E-state index < -0.39 is 24.3 Å². The van der Waals surface area contributed by atoms with Gasteiger partial charge in [0.1, 0.15) is 5.75 Å². The van der Waals surface area contributed by atoms with Crippen molar-refractivity contribution < 1.29 is 32.6 Å². The lowest BCUT2D eigenvalue weighted by atomic mass is 10.0. The second-order valence-electron chi connectivity index (χ2n) is 7.28. The quantitative estimate of drug-likeness (QED) is 0.723. The van der Waals surface area contributed by atoms with E-state index in [-0.39, 0.29) is 30.2 Å². The van der Waals surface area contributed by atoms with Crippen molar-refractivity contribution in [2.45, 2.75) is 19.1 Å². The molecule has 0 radical (unpaired) electrons. The van der Waals surface area contributed by atoms with Crippen molar-refractivity contribution in [3.05, 3.63) is 65.2 Å². The molecule has 0 atom stereocenters. The number of carboxylic acids is 1. The molecule has 166 valence electrons. The maximum Gasteiger partial charge on any atom is 0.416 e. The van der Waals surface area contributed by atoms with Crippen LogP contribution < -0.4 is 4.74 Å². The number of carbonyl (C=O) groups is 2. The van der Waals surface area contributed by atoms with Crippen molar-refractivity contribution in [1.82, 2.24) is 9.80 Å². The molecule has 1 saturated heterocycles. The molecular formula is C22H23F3N2O4. The van der Waals surface area contributed by atoms with Gasteiger partial charge < -0.3 is 14.7 Å². The van der Waals surface area contributed by atoms with Gasteiger partial charge in [0.05, 0.1) is 12.0 Å². The van der Waals surface area contributed by atoms with E-state index >= 15 is 0 Å². The number of rotatable bonds is 7. The number of amides is 1. The Labute approximate surface area is 177 Å².